The van der Waals surface area contributed by atoms with Gasteiger partial charge in [-0.3, -0.25) is 4.79 Å². The van der Waals surface area contributed by atoms with Crippen LogP contribution in [0.2, 0.25) is 0 Å². The minimum Gasteiger partial charge on any atom is -0.464 e. The van der Waals surface area contributed by atoms with Gasteiger partial charge in [0.1, 0.15) is 6.04 Å². The van der Waals surface area contributed by atoms with Gasteiger partial charge in [0.15, 0.2) is 0 Å². The number of allylic oxidation sites excluding steroid dienone is 2. The Kier molecular flexibility index (Phi) is 15.7. The second kappa shape index (κ2) is 17.8. The quantitative estimate of drug-likeness (QED) is 0.170. The van der Waals surface area contributed by atoms with Crippen LogP contribution >= 0.6 is 0 Å². The highest BCUT2D eigenvalue weighted by Crippen LogP contribution is 2.14. The molecule has 0 radical (unpaired) electrons. The molecule has 28 heavy (non-hydrogen) atoms. The van der Waals surface area contributed by atoms with E-state index in [1.165, 1.54) is 83.5 Å². The highest BCUT2D eigenvalue weighted by Gasteiger charge is 2.28. The highest BCUT2D eigenvalue weighted by atomic mass is 16.5. The van der Waals surface area contributed by atoms with Crippen molar-refractivity contribution in [1.82, 2.24) is 5.32 Å². The van der Waals surface area contributed by atoms with Gasteiger partial charge in [-0.25, -0.2) is 4.79 Å². The first-order chi connectivity index (χ1) is 13.7. The Balaban J connectivity index is 1.72. The molecule has 0 aromatic carbocycles. The largest absolute Gasteiger partial charge is 0.464 e. The molecule has 1 atom stereocenters. The first-order valence-corrected chi connectivity index (χ1v) is 11.8. The van der Waals surface area contributed by atoms with Crippen molar-refractivity contribution in [3.05, 3.63) is 12.2 Å². The van der Waals surface area contributed by atoms with Gasteiger partial charge in [0.05, 0.1) is 6.61 Å². The van der Waals surface area contributed by atoms with Crippen molar-refractivity contribution in [2.75, 3.05) is 6.61 Å². The summed E-state index contributed by atoms with van der Waals surface area (Å²) in [6, 6.07) is -0.407. The summed E-state index contributed by atoms with van der Waals surface area (Å²) in [5.41, 5.74) is 0. The molecule has 0 aliphatic carbocycles. The second-order valence-corrected chi connectivity index (χ2v) is 8.13. The number of esters is 1. The third-order valence-corrected chi connectivity index (χ3v) is 5.52. The molecule has 4 nitrogen and oxygen atoms in total. The molecule has 1 aliphatic rings. The van der Waals surface area contributed by atoms with E-state index in [0.29, 0.717) is 19.4 Å². The normalized spacial score (nSPS) is 16.6. The van der Waals surface area contributed by atoms with Crippen molar-refractivity contribution in [2.45, 2.75) is 122 Å². The van der Waals surface area contributed by atoms with E-state index in [2.05, 4.69) is 24.4 Å². The Morgan fingerprint density at radius 3 is 1.86 bits per heavy atom. The third-order valence-electron chi connectivity index (χ3n) is 5.52. The zero-order chi connectivity index (χ0) is 20.3. The lowest BCUT2D eigenvalue weighted by Gasteiger charge is -2.09. The maximum Gasteiger partial charge on any atom is 0.328 e. The SMILES string of the molecule is C/C=C/CCCCCCCCCCCCCCCCOC(=O)[C@@H]1CCC(=O)N1. The standard InChI is InChI=1S/C24H43NO3/c1-2-3-4-5-6-7-8-9-10-11-12-13-14-15-16-17-18-21-28-24(27)22-19-20-23(26)25-22/h2-3,22H,4-21H2,1H3,(H,25,26)/b3-2+/t22-/m0/s1. The van der Waals surface area contributed by atoms with Crippen LogP contribution in [0.5, 0.6) is 0 Å². The summed E-state index contributed by atoms with van der Waals surface area (Å²) in [6.07, 6.45) is 25.1. The topological polar surface area (TPSA) is 55.4 Å². The lowest BCUT2D eigenvalue weighted by Crippen LogP contribution is -2.34. The van der Waals surface area contributed by atoms with Crippen LogP contribution in [0, 0.1) is 0 Å². The predicted molar refractivity (Wildman–Crippen MR) is 116 cm³/mol. The molecule has 1 fully saturated rings. The van der Waals surface area contributed by atoms with E-state index in [1.54, 1.807) is 0 Å². The molecule has 1 heterocycles. The van der Waals surface area contributed by atoms with Crippen LogP contribution in [0.3, 0.4) is 0 Å². The van der Waals surface area contributed by atoms with Crippen LogP contribution in [0.1, 0.15) is 116 Å². The Hall–Kier alpha value is -1.32. The summed E-state index contributed by atoms with van der Waals surface area (Å²) in [4.78, 5) is 22.8. The third kappa shape index (κ3) is 13.8. The van der Waals surface area contributed by atoms with E-state index >= 15 is 0 Å². The van der Waals surface area contributed by atoms with Crippen LogP contribution < -0.4 is 5.32 Å². The van der Waals surface area contributed by atoms with Crippen LogP contribution in [0.25, 0.3) is 0 Å². The smallest absolute Gasteiger partial charge is 0.328 e. The first kappa shape index (κ1) is 24.7. The number of hydrogen-bond acceptors (Lipinski definition) is 3. The number of hydrogen-bond donors (Lipinski definition) is 1. The average Bonchev–Trinajstić information content (AvgIpc) is 3.13. The molecule has 0 bridgehead atoms. The highest BCUT2D eigenvalue weighted by molar-refractivity contribution is 5.87. The molecule has 1 rings (SSSR count). The van der Waals surface area contributed by atoms with Gasteiger partial charge in [0, 0.05) is 6.42 Å². The van der Waals surface area contributed by atoms with Crippen molar-refractivity contribution < 1.29 is 14.3 Å². The molecular formula is C24H43NO3. The molecule has 1 N–H and O–H groups in total. The maximum absolute atomic E-state index is 11.7. The summed E-state index contributed by atoms with van der Waals surface area (Å²) in [5, 5.41) is 2.65. The van der Waals surface area contributed by atoms with E-state index in [0.717, 1.165) is 12.8 Å². The van der Waals surface area contributed by atoms with Crippen LogP contribution in [-0.4, -0.2) is 24.5 Å². The van der Waals surface area contributed by atoms with Gasteiger partial charge in [-0.1, -0.05) is 89.2 Å². The lowest BCUT2D eigenvalue weighted by atomic mass is 10.0. The fraction of sp³-hybridized carbons (Fsp3) is 0.833. The van der Waals surface area contributed by atoms with Gasteiger partial charge < -0.3 is 10.1 Å². The Morgan fingerprint density at radius 1 is 0.893 bits per heavy atom. The first-order valence-electron chi connectivity index (χ1n) is 11.8. The van der Waals surface area contributed by atoms with Gasteiger partial charge in [-0.05, 0) is 32.6 Å². The van der Waals surface area contributed by atoms with Crippen molar-refractivity contribution in [3.8, 4) is 0 Å². The molecule has 1 amide bonds. The predicted octanol–water partition coefficient (Wildman–Crippen LogP) is 6.24. The average molecular weight is 394 g/mol. The molecular weight excluding hydrogens is 350 g/mol. The van der Waals surface area contributed by atoms with Gasteiger partial charge in [-0.15, -0.1) is 0 Å². The zero-order valence-corrected chi connectivity index (χ0v) is 18.2. The minimum absolute atomic E-state index is 0.0439. The van der Waals surface area contributed by atoms with Crippen LogP contribution in [0.15, 0.2) is 12.2 Å². The summed E-state index contributed by atoms with van der Waals surface area (Å²) < 4.78 is 5.24. The molecule has 0 aromatic heterocycles. The van der Waals surface area contributed by atoms with Gasteiger partial charge in [-0.2, -0.15) is 0 Å². The van der Waals surface area contributed by atoms with E-state index in [4.69, 9.17) is 4.74 Å². The fourth-order valence-electron chi connectivity index (χ4n) is 3.72. The summed E-state index contributed by atoms with van der Waals surface area (Å²) in [7, 11) is 0. The second-order valence-electron chi connectivity index (χ2n) is 8.13. The monoisotopic (exact) mass is 393 g/mol. The molecule has 1 saturated heterocycles. The Morgan fingerprint density at radius 2 is 1.39 bits per heavy atom. The molecule has 1 aliphatic heterocycles. The summed E-state index contributed by atoms with van der Waals surface area (Å²) in [5.74, 6) is -0.308. The minimum atomic E-state index is -0.407. The molecule has 0 saturated carbocycles. The van der Waals surface area contributed by atoms with Gasteiger partial charge in [0.2, 0.25) is 5.91 Å². The Labute approximate surface area is 172 Å². The lowest BCUT2D eigenvalue weighted by molar-refractivity contribution is -0.146. The van der Waals surface area contributed by atoms with Gasteiger partial charge >= 0.3 is 5.97 Å². The van der Waals surface area contributed by atoms with Crippen molar-refractivity contribution >= 4 is 11.9 Å². The molecule has 4 heteroatoms. The summed E-state index contributed by atoms with van der Waals surface area (Å²) >= 11 is 0. The van der Waals surface area contributed by atoms with Crippen LogP contribution in [-0.2, 0) is 14.3 Å². The molecule has 0 aromatic rings. The fourth-order valence-corrected chi connectivity index (χ4v) is 3.72. The summed E-state index contributed by atoms with van der Waals surface area (Å²) in [6.45, 7) is 2.58. The number of nitrogens with one attached hydrogen (secondary N) is 1. The molecule has 162 valence electrons. The van der Waals surface area contributed by atoms with Crippen molar-refractivity contribution in [2.24, 2.45) is 0 Å². The maximum atomic E-state index is 11.7. The number of carbonyl (C=O) groups is 2. The number of carbonyl (C=O) groups excluding carboxylic acids is 2. The molecule has 0 spiro atoms. The number of unbranched alkanes of at least 4 members (excludes halogenated alkanes) is 14. The van der Waals surface area contributed by atoms with Crippen LogP contribution in [0.4, 0.5) is 0 Å². The van der Waals surface area contributed by atoms with E-state index in [-0.39, 0.29) is 11.9 Å². The van der Waals surface area contributed by atoms with E-state index in [9.17, 15) is 9.59 Å². The van der Waals surface area contributed by atoms with E-state index < -0.39 is 6.04 Å². The number of rotatable bonds is 18. The van der Waals surface area contributed by atoms with Crippen molar-refractivity contribution in [1.29, 1.82) is 0 Å². The molecule has 0 unspecified atom stereocenters. The van der Waals surface area contributed by atoms with Crippen molar-refractivity contribution in [3.63, 3.8) is 0 Å². The number of ether oxygens (including phenoxy) is 1. The Bertz CT molecular complexity index is 434. The van der Waals surface area contributed by atoms with E-state index in [1.807, 2.05) is 0 Å². The number of amides is 1. The zero-order valence-electron chi connectivity index (χ0n) is 18.2. The van der Waals surface area contributed by atoms with Gasteiger partial charge in [0.25, 0.3) is 0 Å².